The predicted molar refractivity (Wildman–Crippen MR) is 101 cm³/mol. The second-order valence-corrected chi connectivity index (χ2v) is 9.00. The summed E-state index contributed by atoms with van der Waals surface area (Å²) in [5.41, 5.74) is 6.26. The van der Waals surface area contributed by atoms with Crippen molar-refractivity contribution in [2.24, 2.45) is 11.1 Å². The van der Waals surface area contributed by atoms with Crippen molar-refractivity contribution in [1.82, 2.24) is 4.98 Å². The summed E-state index contributed by atoms with van der Waals surface area (Å²) in [5, 5.41) is 0. The number of nitrogens with one attached hydrogen (secondary N) is 1. The van der Waals surface area contributed by atoms with E-state index in [0.29, 0.717) is 16.8 Å². The molecule has 1 aromatic rings. The number of piperidine rings is 1. The van der Waals surface area contributed by atoms with Gasteiger partial charge in [0.2, 0.25) is 10.0 Å². The van der Waals surface area contributed by atoms with Crippen LogP contribution in [0.1, 0.15) is 36.0 Å². The summed E-state index contributed by atoms with van der Waals surface area (Å²) in [7, 11) is -2.17. The van der Waals surface area contributed by atoms with Gasteiger partial charge in [-0.1, -0.05) is 0 Å². The van der Waals surface area contributed by atoms with Gasteiger partial charge in [-0.15, -0.1) is 0 Å². The number of nitrogens with zero attached hydrogens (tertiary/aromatic N) is 2. The summed E-state index contributed by atoms with van der Waals surface area (Å²) in [5.74, 6) is -0.203. The van der Waals surface area contributed by atoms with Crippen molar-refractivity contribution in [2.75, 3.05) is 49.0 Å². The fraction of sp³-hybridized carbons (Fsp3) is 0.647. The van der Waals surface area contributed by atoms with Crippen molar-refractivity contribution in [3.05, 3.63) is 17.7 Å². The number of hydrogen-bond donors (Lipinski definition) is 2. The molecule has 2 aliphatic rings. The average Bonchev–Trinajstić information content (AvgIpc) is 3.38. The molecular weight excluding hydrogens is 372 g/mol. The fourth-order valence-electron chi connectivity index (χ4n) is 3.33. The maximum absolute atomic E-state index is 12.2. The molecule has 1 saturated carbocycles. The van der Waals surface area contributed by atoms with E-state index < -0.39 is 15.9 Å². The zero-order valence-electron chi connectivity index (χ0n) is 15.4. The first-order valence-electron chi connectivity index (χ1n) is 8.97. The first-order valence-corrected chi connectivity index (χ1v) is 10.6. The van der Waals surface area contributed by atoms with E-state index in [-0.39, 0.29) is 25.0 Å². The van der Waals surface area contributed by atoms with Crippen LogP contribution >= 0.6 is 0 Å². The number of carbonyl (C=O) groups is 1. The lowest BCUT2D eigenvalue weighted by Crippen LogP contribution is -2.36. The molecule has 2 fully saturated rings. The first-order chi connectivity index (χ1) is 12.8. The second-order valence-electron chi connectivity index (χ2n) is 7.15. The van der Waals surface area contributed by atoms with Crippen LogP contribution in [0.5, 0.6) is 0 Å². The largest absolute Gasteiger partial charge is 0.365 e. The van der Waals surface area contributed by atoms with Crippen LogP contribution in [0.4, 0.5) is 11.6 Å². The van der Waals surface area contributed by atoms with Gasteiger partial charge in [0.15, 0.2) is 0 Å². The maximum atomic E-state index is 12.2. The molecule has 1 aliphatic carbocycles. The normalized spacial score (nSPS) is 18.5. The number of ether oxygens (including phenoxy) is 2. The number of rotatable bonds is 9. The molecule has 2 heterocycles. The molecule has 3 N–H and O–H groups in total. The molecule has 0 aromatic carbocycles. The molecular formula is C17H26N4O5S. The molecule has 27 heavy (non-hydrogen) atoms. The Morgan fingerprint density at radius 3 is 2.59 bits per heavy atom. The van der Waals surface area contributed by atoms with Crippen LogP contribution in [0.3, 0.4) is 0 Å². The Morgan fingerprint density at radius 2 is 2.00 bits per heavy atom. The third-order valence-corrected chi connectivity index (χ3v) is 6.40. The van der Waals surface area contributed by atoms with Crippen LogP contribution < -0.4 is 15.4 Å². The topological polar surface area (TPSA) is 124 Å². The summed E-state index contributed by atoms with van der Waals surface area (Å²) in [6.45, 7) is 1.61. The third kappa shape index (κ3) is 5.08. The minimum atomic E-state index is -3.63. The fourth-order valence-corrected chi connectivity index (χ4v) is 4.20. The van der Waals surface area contributed by atoms with E-state index >= 15 is 0 Å². The molecule has 0 radical (unpaired) electrons. The van der Waals surface area contributed by atoms with Crippen LogP contribution in [0, 0.1) is 5.41 Å². The van der Waals surface area contributed by atoms with Crippen molar-refractivity contribution in [3.8, 4) is 0 Å². The van der Waals surface area contributed by atoms with Gasteiger partial charge in [-0.3, -0.25) is 9.52 Å². The highest BCUT2D eigenvalue weighted by Crippen LogP contribution is 2.53. The minimum absolute atomic E-state index is 0.00358. The average molecular weight is 398 g/mol. The number of amides is 1. The van der Waals surface area contributed by atoms with Crippen LogP contribution in [-0.2, 0) is 19.5 Å². The number of anilines is 2. The maximum Gasteiger partial charge on any atom is 0.252 e. The Hall–Kier alpha value is -1.91. The number of sulfonamides is 1. The van der Waals surface area contributed by atoms with Crippen LogP contribution in [-0.4, -0.2) is 58.7 Å². The van der Waals surface area contributed by atoms with E-state index in [9.17, 15) is 13.2 Å². The molecule has 1 aromatic heterocycles. The Balaban J connectivity index is 1.72. The van der Waals surface area contributed by atoms with Gasteiger partial charge in [-0.2, -0.15) is 0 Å². The van der Waals surface area contributed by atoms with Crippen molar-refractivity contribution in [1.29, 1.82) is 0 Å². The van der Waals surface area contributed by atoms with Gasteiger partial charge in [0.25, 0.3) is 5.91 Å². The van der Waals surface area contributed by atoms with Crippen molar-refractivity contribution in [3.63, 3.8) is 0 Å². The number of aromatic nitrogens is 1. The molecule has 10 heteroatoms. The summed E-state index contributed by atoms with van der Waals surface area (Å²) >= 11 is 0. The second kappa shape index (κ2) is 7.99. The number of pyridine rings is 1. The number of hydrogen-bond acceptors (Lipinski definition) is 7. The van der Waals surface area contributed by atoms with Gasteiger partial charge in [0.1, 0.15) is 18.4 Å². The number of nitrogens with two attached hydrogens (primary N) is 1. The lowest BCUT2D eigenvalue weighted by molar-refractivity contribution is -0.0242. The monoisotopic (exact) mass is 398 g/mol. The summed E-state index contributed by atoms with van der Waals surface area (Å²) in [6, 6.07) is 2.97. The van der Waals surface area contributed by atoms with Crippen LogP contribution in [0.15, 0.2) is 12.1 Å². The highest BCUT2D eigenvalue weighted by Gasteiger charge is 2.44. The van der Waals surface area contributed by atoms with E-state index in [0.717, 1.165) is 25.9 Å². The number of primary amides is 1. The van der Waals surface area contributed by atoms with Gasteiger partial charge in [-0.05, 0) is 43.2 Å². The molecule has 0 unspecified atom stereocenters. The van der Waals surface area contributed by atoms with Gasteiger partial charge in [0.05, 0.1) is 17.9 Å². The van der Waals surface area contributed by atoms with E-state index in [1.165, 1.54) is 32.1 Å². The molecule has 1 amide bonds. The Bertz CT molecular complexity index is 785. The lowest BCUT2D eigenvalue weighted by Gasteiger charge is -2.33. The van der Waals surface area contributed by atoms with E-state index in [1.807, 2.05) is 4.90 Å². The quantitative estimate of drug-likeness (QED) is 0.468. The zero-order chi connectivity index (χ0) is 19.5. The van der Waals surface area contributed by atoms with Crippen molar-refractivity contribution < 1.29 is 22.7 Å². The van der Waals surface area contributed by atoms with E-state index in [2.05, 4.69) is 9.71 Å². The Kier molecular flexibility index (Phi) is 5.87. The molecule has 1 aliphatic heterocycles. The highest BCUT2D eigenvalue weighted by molar-refractivity contribution is 7.92. The van der Waals surface area contributed by atoms with E-state index in [4.69, 9.17) is 15.2 Å². The van der Waals surface area contributed by atoms with Gasteiger partial charge < -0.3 is 20.1 Å². The summed E-state index contributed by atoms with van der Waals surface area (Å²) in [6.07, 6.45) is 4.64. The molecule has 150 valence electrons. The minimum Gasteiger partial charge on any atom is -0.365 e. The zero-order valence-corrected chi connectivity index (χ0v) is 16.3. The third-order valence-electron chi connectivity index (χ3n) is 5.18. The van der Waals surface area contributed by atoms with Crippen molar-refractivity contribution in [2.45, 2.75) is 25.7 Å². The standard InChI is InChI=1S/C17H26N4O5S/c1-25-12-26-10-11-27(23,24)20-14-3-2-13(15(18)22)16(19-14)21-8-6-17(4-5-17)7-9-21/h2-3H,4-12H2,1H3,(H2,18,22)(H,19,20). The molecule has 0 atom stereocenters. The lowest BCUT2D eigenvalue weighted by atomic mass is 9.93. The highest BCUT2D eigenvalue weighted by atomic mass is 32.2. The Morgan fingerprint density at radius 1 is 1.30 bits per heavy atom. The predicted octanol–water partition coefficient (Wildman–Crippen LogP) is 0.923. The molecule has 1 spiro atoms. The first kappa shape index (κ1) is 19.8. The van der Waals surface area contributed by atoms with Gasteiger partial charge in [-0.25, -0.2) is 13.4 Å². The van der Waals surface area contributed by atoms with Gasteiger partial charge in [0, 0.05) is 20.2 Å². The number of methoxy groups -OCH3 is 1. The Labute approximate surface area is 159 Å². The summed E-state index contributed by atoms with van der Waals surface area (Å²) in [4.78, 5) is 18.2. The smallest absolute Gasteiger partial charge is 0.252 e. The van der Waals surface area contributed by atoms with Crippen LogP contribution in [0.25, 0.3) is 0 Å². The van der Waals surface area contributed by atoms with Gasteiger partial charge >= 0.3 is 0 Å². The molecule has 3 rings (SSSR count). The van der Waals surface area contributed by atoms with Crippen molar-refractivity contribution >= 4 is 27.6 Å². The molecule has 9 nitrogen and oxygen atoms in total. The van der Waals surface area contributed by atoms with E-state index in [1.54, 1.807) is 0 Å². The molecule has 0 bridgehead atoms. The SMILES string of the molecule is COCOCCS(=O)(=O)Nc1ccc(C(N)=O)c(N2CCC3(CC2)CC3)n1. The number of carbonyl (C=O) groups excluding carboxylic acids is 1. The summed E-state index contributed by atoms with van der Waals surface area (Å²) < 4.78 is 36.5. The van der Waals surface area contributed by atoms with Crippen LogP contribution in [0.2, 0.25) is 0 Å². The molecule has 1 saturated heterocycles.